The molecule has 1 atom stereocenters. The van der Waals surface area contributed by atoms with E-state index in [4.69, 9.17) is 11.6 Å². The predicted molar refractivity (Wildman–Crippen MR) is 113 cm³/mol. The smallest absolute Gasteiger partial charge is 0.242 e. The summed E-state index contributed by atoms with van der Waals surface area (Å²) in [5, 5.41) is 20.3. The summed E-state index contributed by atoms with van der Waals surface area (Å²) < 4.78 is 1.82. The Hall–Kier alpha value is -2.64. The fourth-order valence-corrected chi connectivity index (χ4v) is 4.25. The Morgan fingerprint density at radius 3 is 2.83 bits per heavy atom. The quantitative estimate of drug-likeness (QED) is 0.711. The fourth-order valence-electron chi connectivity index (χ4n) is 3.98. The third-order valence-electron chi connectivity index (χ3n) is 5.66. The lowest BCUT2D eigenvalue weighted by Crippen LogP contribution is -2.40. The van der Waals surface area contributed by atoms with Gasteiger partial charge in [0.15, 0.2) is 5.65 Å². The number of hydrogen-bond donors (Lipinski definition) is 1. The largest absolute Gasteiger partial charge is 0.507 e. The second-order valence-corrected chi connectivity index (χ2v) is 8.21. The van der Waals surface area contributed by atoms with Gasteiger partial charge in [0.2, 0.25) is 5.91 Å². The summed E-state index contributed by atoms with van der Waals surface area (Å²) in [6.45, 7) is 4.01. The number of likely N-dealkylation sites (N-methyl/N-ethyl adjacent to an activating group) is 2. The Morgan fingerprint density at radius 2 is 2.14 bits per heavy atom. The Kier molecular flexibility index (Phi) is 5.19. The molecule has 4 rings (SSSR count). The van der Waals surface area contributed by atoms with E-state index >= 15 is 0 Å². The van der Waals surface area contributed by atoms with Gasteiger partial charge in [-0.3, -0.25) is 4.79 Å². The van der Waals surface area contributed by atoms with Gasteiger partial charge in [-0.2, -0.15) is 0 Å². The molecule has 0 unspecified atom stereocenters. The highest BCUT2D eigenvalue weighted by Crippen LogP contribution is 2.34. The summed E-state index contributed by atoms with van der Waals surface area (Å²) in [4.78, 5) is 16.8. The number of benzene rings is 1. The fraction of sp³-hybridized carbons (Fsp3) is 0.381. The minimum absolute atomic E-state index is 0.0554. The number of aryl methyl sites for hydroxylation is 1. The van der Waals surface area contributed by atoms with Gasteiger partial charge in [-0.1, -0.05) is 11.6 Å². The molecule has 7 nitrogen and oxygen atoms in total. The van der Waals surface area contributed by atoms with Gasteiger partial charge in [-0.05, 0) is 56.8 Å². The van der Waals surface area contributed by atoms with Gasteiger partial charge in [0, 0.05) is 41.8 Å². The van der Waals surface area contributed by atoms with Crippen LogP contribution < -0.4 is 0 Å². The first-order valence-electron chi connectivity index (χ1n) is 9.59. The second-order valence-electron chi connectivity index (χ2n) is 7.78. The zero-order chi connectivity index (χ0) is 20.7. The number of rotatable bonds is 4. The summed E-state index contributed by atoms with van der Waals surface area (Å²) >= 11 is 6.00. The molecule has 29 heavy (non-hydrogen) atoms. The summed E-state index contributed by atoms with van der Waals surface area (Å²) in [5.41, 5.74) is 2.64. The van der Waals surface area contributed by atoms with Crippen molar-refractivity contribution in [2.75, 3.05) is 27.2 Å². The van der Waals surface area contributed by atoms with Crippen LogP contribution in [0, 0.1) is 6.92 Å². The number of likely N-dealkylation sites (tertiary alicyclic amines) is 1. The molecule has 0 saturated carbocycles. The van der Waals surface area contributed by atoms with Gasteiger partial charge in [-0.25, -0.2) is 0 Å². The summed E-state index contributed by atoms with van der Waals surface area (Å²) in [6.07, 6.45) is 2.85. The van der Waals surface area contributed by atoms with Crippen LogP contribution in [0.2, 0.25) is 5.02 Å². The molecule has 3 aromatic rings. The molecule has 8 heteroatoms. The number of hydrogen-bond acceptors (Lipinski definition) is 5. The van der Waals surface area contributed by atoms with E-state index in [1.807, 2.05) is 41.8 Å². The number of nitrogens with zero attached hydrogens (tertiary/aromatic N) is 5. The van der Waals surface area contributed by atoms with E-state index in [0.717, 1.165) is 30.5 Å². The highest BCUT2D eigenvalue weighted by atomic mass is 35.5. The third-order valence-corrected chi connectivity index (χ3v) is 5.88. The molecule has 3 heterocycles. The molecule has 0 radical (unpaired) electrons. The number of halogens is 1. The molecule has 0 bridgehead atoms. The lowest BCUT2D eigenvalue weighted by Gasteiger charge is -2.24. The molecule has 1 aliphatic heterocycles. The Bertz CT molecular complexity index is 1060. The van der Waals surface area contributed by atoms with Crippen molar-refractivity contribution in [3.63, 3.8) is 0 Å². The molecule has 2 aromatic heterocycles. The van der Waals surface area contributed by atoms with E-state index in [2.05, 4.69) is 22.1 Å². The maximum absolute atomic E-state index is 12.8. The van der Waals surface area contributed by atoms with Crippen LogP contribution in [0.3, 0.4) is 0 Å². The maximum Gasteiger partial charge on any atom is 0.242 e. The molecule has 1 fully saturated rings. The number of carbonyl (C=O) groups is 1. The van der Waals surface area contributed by atoms with Crippen molar-refractivity contribution >= 4 is 28.5 Å². The Balaban J connectivity index is 1.58. The van der Waals surface area contributed by atoms with Crippen molar-refractivity contribution < 1.29 is 9.90 Å². The number of aromatic nitrogens is 3. The van der Waals surface area contributed by atoms with Crippen LogP contribution in [0.5, 0.6) is 5.75 Å². The Morgan fingerprint density at radius 1 is 1.34 bits per heavy atom. The first-order valence-corrected chi connectivity index (χ1v) is 9.97. The van der Waals surface area contributed by atoms with E-state index in [9.17, 15) is 9.90 Å². The lowest BCUT2D eigenvalue weighted by atomic mass is 10.0. The summed E-state index contributed by atoms with van der Waals surface area (Å²) in [6, 6.07) is 7.31. The van der Waals surface area contributed by atoms with Crippen molar-refractivity contribution in [2.24, 2.45) is 0 Å². The molecule has 1 aromatic carbocycles. The van der Waals surface area contributed by atoms with Crippen LogP contribution in [-0.2, 0) is 11.3 Å². The molecule has 1 saturated heterocycles. The standard InChI is InChI=1S/C21H24ClN5O2/c1-13-8-15(22)10-18(28)20(13)17-9-14-4-7-27(21(14)24-23-17)12-19(29)26(3)16-5-6-25(2)11-16/h4,7-10,16,28H,5-6,11-12H2,1-3H3/t16-/m1/s1. The number of fused-ring (bicyclic) bond motifs is 1. The highest BCUT2D eigenvalue weighted by Gasteiger charge is 2.26. The molecule has 1 amide bonds. The summed E-state index contributed by atoms with van der Waals surface area (Å²) in [7, 11) is 3.94. The van der Waals surface area contributed by atoms with E-state index in [0.29, 0.717) is 21.9 Å². The third kappa shape index (κ3) is 3.80. The van der Waals surface area contributed by atoms with Gasteiger partial charge < -0.3 is 19.5 Å². The van der Waals surface area contributed by atoms with E-state index in [1.54, 1.807) is 6.07 Å². The van der Waals surface area contributed by atoms with Crippen molar-refractivity contribution in [3.05, 3.63) is 41.0 Å². The summed E-state index contributed by atoms with van der Waals surface area (Å²) in [5.74, 6) is 0.126. The zero-order valence-corrected chi connectivity index (χ0v) is 17.5. The molecule has 1 aliphatic rings. The van der Waals surface area contributed by atoms with Crippen molar-refractivity contribution in [3.8, 4) is 17.0 Å². The number of phenolic OH excluding ortho intramolecular Hbond substituents is 1. The van der Waals surface area contributed by atoms with Crippen LogP contribution in [-0.4, -0.2) is 68.8 Å². The average molecular weight is 414 g/mol. The maximum atomic E-state index is 12.8. The average Bonchev–Trinajstić information content (AvgIpc) is 3.26. The minimum Gasteiger partial charge on any atom is -0.507 e. The topological polar surface area (TPSA) is 74.5 Å². The zero-order valence-electron chi connectivity index (χ0n) is 16.8. The van der Waals surface area contributed by atoms with Gasteiger partial charge in [0.05, 0.1) is 5.69 Å². The van der Waals surface area contributed by atoms with Crippen LogP contribution in [0.15, 0.2) is 30.5 Å². The Labute approximate surface area is 174 Å². The minimum atomic E-state index is 0.0554. The molecule has 0 aliphatic carbocycles. The van der Waals surface area contributed by atoms with E-state index in [1.165, 1.54) is 6.07 Å². The molecule has 152 valence electrons. The normalized spacial score (nSPS) is 17.2. The first kappa shape index (κ1) is 19.7. The lowest BCUT2D eigenvalue weighted by molar-refractivity contribution is -0.132. The first-order chi connectivity index (χ1) is 13.8. The number of aromatic hydroxyl groups is 1. The van der Waals surface area contributed by atoms with Gasteiger partial charge >= 0.3 is 0 Å². The van der Waals surface area contributed by atoms with Crippen LogP contribution in [0.4, 0.5) is 0 Å². The molecular weight excluding hydrogens is 390 g/mol. The van der Waals surface area contributed by atoms with E-state index < -0.39 is 0 Å². The van der Waals surface area contributed by atoms with Gasteiger partial charge in [0.25, 0.3) is 0 Å². The molecule has 1 N–H and O–H groups in total. The predicted octanol–water partition coefficient (Wildman–Crippen LogP) is 2.93. The van der Waals surface area contributed by atoms with E-state index in [-0.39, 0.29) is 24.2 Å². The number of phenols is 1. The van der Waals surface area contributed by atoms with Crippen molar-refractivity contribution in [2.45, 2.75) is 25.9 Å². The molecule has 0 spiro atoms. The SMILES string of the molecule is Cc1cc(Cl)cc(O)c1-c1cc2ccn(CC(=O)N(C)[C@@H]3CCN(C)C3)c2nn1. The van der Waals surface area contributed by atoms with Gasteiger partial charge in [-0.15, -0.1) is 10.2 Å². The monoisotopic (exact) mass is 413 g/mol. The van der Waals surface area contributed by atoms with Crippen LogP contribution in [0.1, 0.15) is 12.0 Å². The number of amides is 1. The highest BCUT2D eigenvalue weighted by molar-refractivity contribution is 6.31. The van der Waals surface area contributed by atoms with Crippen molar-refractivity contribution in [1.29, 1.82) is 0 Å². The van der Waals surface area contributed by atoms with Crippen molar-refractivity contribution in [1.82, 2.24) is 24.6 Å². The number of carbonyl (C=O) groups excluding carboxylic acids is 1. The van der Waals surface area contributed by atoms with Gasteiger partial charge in [0.1, 0.15) is 12.3 Å². The van der Waals surface area contributed by atoms with Crippen LogP contribution in [0.25, 0.3) is 22.3 Å². The van der Waals surface area contributed by atoms with Crippen LogP contribution >= 0.6 is 11.6 Å². The molecular formula is C21H24ClN5O2. The second kappa shape index (κ2) is 7.65.